The van der Waals surface area contributed by atoms with E-state index in [1.807, 2.05) is 24.5 Å². The van der Waals surface area contributed by atoms with E-state index in [-0.39, 0.29) is 0 Å². The van der Waals surface area contributed by atoms with E-state index in [1.165, 1.54) is 16.9 Å². The number of nitrogens with one attached hydrogen (secondary N) is 2. The Hall–Kier alpha value is -4.34. The Morgan fingerprint density at radius 3 is 2.18 bits per heavy atom. The van der Waals surface area contributed by atoms with Gasteiger partial charge in [0.05, 0.1) is 24.0 Å². The fraction of sp³-hybridized carbons (Fsp3) is 0.324. The first-order chi connectivity index (χ1) is 21.6. The predicted molar refractivity (Wildman–Crippen MR) is 178 cm³/mol. The van der Waals surface area contributed by atoms with Crippen molar-refractivity contribution < 1.29 is 4.74 Å². The number of pyridine rings is 2. The third kappa shape index (κ3) is 6.16. The van der Waals surface area contributed by atoms with Crippen molar-refractivity contribution in [2.24, 2.45) is 0 Å². The van der Waals surface area contributed by atoms with Crippen LogP contribution in [0, 0.1) is 0 Å². The summed E-state index contributed by atoms with van der Waals surface area (Å²) in [5, 5.41) is 4.31. The number of piperidine rings is 1. The molecule has 5 aromatic rings. The highest BCUT2D eigenvalue weighted by Crippen LogP contribution is 2.33. The van der Waals surface area contributed by atoms with Gasteiger partial charge in [0.1, 0.15) is 17.1 Å². The fourth-order valence-corrected chi connectivity index (χ4v) is 6.43. The number of hydrogen-bond donors (Lipinski definition) is 2. The number of H-pyrrole nitrogens is 1. The van der Waals surface area contributed by atoms with Crippen molar-refractivity contribution in [3.63, 3.8) is 0 Å². The zero-order chi connectivity index (χ0) is 29.9. The number of halogens is 1. The zero-order valence-corrected chi connectivity index (χ0v) is 25.7. The molecule has 2 aliphatic rings. The number of aromatic nitrogens is 4. The Balaban J connectivity index is 0.988. The molecule has 2 saturated heterocycles. The minimum Gasteiger partial charge on any atom is -0.497 e. The number of imidazole rings is 1. The SMILES string of the molecule is COc1ccc(CN2CCC(Nc3c(Cl)cnc4[nH]c(-c5ccc(N6CCN(c7ccncc7)CC6)cc5)nc34)CC2)cc1. The number of hydrogen-bond acceptors (Lipinski definition) is 8. The highest BCUT2D eigenvalue weighted by molar-refractivity contribution is 6.34. The molecule has 44 heavy (non-hydrogen) atoms. The molecular weight excluding hydrogens is 572 g/mol. The Bertz CT molecular complexity index is 1680. The van der Waals surface area contributed by atoms with Crippen LogP contribution in [0.25, 0.3) is 22.6 Å². The average molecular weight is 609 g/mol. The van der Waals surface area contributed by atoms with Gasteiger partial charge in [0, 0.05) is 81.2 Å². The van der Waals surface area contributed by atoms with E-state index in [0.29, 0.717) is 11.1 Å². The summed E-state index contributed by atoms with van der Waals surface area (Å²) in [6.07, 6.45) is 7.49. The maximum absolute atomic E-state index is 6.68. The number of benzene rings is 2. The lowest BCUT2D eigenvalue weighted by atomic mass is 10.0. The summed E-state index contributed by atoms with van der Waals surface area (Å²) >= 11 is 6.68. The summed E-state index contributed by atoms with van der Waals surface area (Å²) in [5.41, 5.74) is 7.16. The largest absolute Gasteiger partial charge is 0.497 e. The Kier molecular flexibility index (Phi) is 8.22. The topological polar surface area (TPSA) is 85.4 Å². The molecule has 0 saturated carbocycles. The molecule has 2 N–H and O–H groups in total. The van der Waals surface area contributed by atoms with E-state index in [0.717, 1.165) is 92.6 Å². The summed E-state index contributed by atoms with van der Waals surface area (Å²) in [4.78, 5) is 24.4. The van der Waals surface area contributed by atoms with Gasteiger partial charge in [-0.1, -0.05) is 23.7 Å². The second-order valence-corrected chi connectivity index (χ2v) is 11.9. The lowest BCUT2D eigenvalue weighted by Crippen LogP contribution is -2.46. The van der Waals surface area contributed by atoms with Gasteiger partial charge < -0.3 is 24.8 Å². The molecule has 226 valence electrons. The van der Waals surface area contributed by atoms with Crippen molar-refractivity contribution in [1.29, 1.82) is 0 Å². The molecule has 7 rings (SSSR count). The van der Waals surface area contributed by atoms with Gasteiger partial charge in [0.15, 0.2) is 5.65 Å². The van der Waals surface area contributed by atoms with Gasteiger partial charge in [0.2, 0.25) is 0 Å². The summed E-state index contributed by atoms with van der Waals surface area (Å²) in [6, 6.07) is 21.5. The van der Waals surface area contributed by atoms with Gasteiger partial charge >= 0.3 is 0 Å². The number of fused-ring (bicyclic) bond motifs is 1. The van der Waals surface area contributed by atoms with Crippen molar-refractivity contribution in [2.75, 3.05) is 61.5 Å². The second-order valence-electron chi connectivity index (χ2n) is 11.5. The lowest BCUT2D eigenvalue weighted by molar-refractivity contribution is 0.211. The highest BCUT2D eigenvalue weighted by Gasteiger charge is 2.23. The number of ether oxygens (including phenoxy) is 1. The van der Waals surface area contributed by atoms with Crippen LogP contribution in [0.2, 0.25) is 5.02 Å². The van der Waals surface area contributed by atoms with E-state index in [2.05, 4.69) is 83.5 Å². The molecule has 3 aromatic heterocycles. The molecule has 0 bridgehead atoms. The molecule has 0 amide bonds. The normalized spacial score (nSPS) is 16.4. The lowest BCUT2D eigenvalue weighted by Gasteiger charge is -2.37. The standard InChI is InChI=1S/C34H37ClN8O/c1-44-29-8-2-24(3-9-29)23-41-16-12-26(13-17-41)38-31-30(35)22-37-34-32(31)39-33(40-34)25-4-6-27(7-5-25)42-18-20-43(21-19-42)28-10-14-36-15-11-28/h2-11,14-15,22,26H,12-13,16-21,23H2,1H3,(H2,37,38,39,40). The molecule has 0 aliphatic carbocycles. The van der Waals surface area contributed by atoms with Crippen LogP contribution in [0.5, 0.6) is 5.75 Å². The van der Waals surface area contributed by atoms with E-state index in [1.54, 1.807) is 13.3 Å². The van der Waals surface area contributed by atoms with Crippen LogP contribution in [-0.2, 0) is 6.54 Å². The zero-order valence-electron chi connectivity index (χ0n) is 24.9. The first-order valence-electron chi connectivity index (χ1n) is 15.3. The minimum absolute atomic E-state index is 0.323. The maximum Gasteiger partial charge on any atom is 0.159 e. The van der Waals surface area contributed by atoms with Gasteiger partial charge in [-0.2, -0.15) is 0 Å². The quantitative estimate of drug-likeness (QED) is 0.219. The van der Waals surface area contributed by atoms with Gasteiger partial charge in [-0.25, -0.2) is 9.97 Å². The third-order valence-electron chi connectivity index (χ3n) is 8.78. The van der Waals surface area contributed by atoms with Crippen LogP contribution in [-0.4, -0.2) is 77.3 Å². The van der Waals surface area contributed by atoms with Crippen LogP contribution in [0.4, 0.5) is 17.1 Å². The first kappa shape index (κ1) is 28.4. The molecule has 0 radical (unpaired) electrons. The van der Waals surface area contributed by atoms with Crippen LogP contribution >= 0.6 is 11.6 Å². The Labute approximate surface area is 262 Å². The van der Waals surface area contributed by atoms with Crippen LogP contribution in [0.15, 0.2) is 79.3 Å². The smallest absolute Gasteiger partial charge is 0.159 e. The van der Waals surface area contributed by atoms with Crippen molar-refractivity contribution in [3.8, 4) is 17.1 Å². The van der Waals surface area contributed by atoms with Crippen molar-refractivity contribution >= 4 is 39.8 Å². The number of piperazine rings is 1. The van der Waals surface area contributed by atoms with E-state index < -0.39 is 0 Å². The number of methoxy groups -OCH3 is 1. The molecule has 0 atom stereocenters. The molecule has 2 aromatic carbocycles. The summed E-state index contributed by atoms with van der Waals surface area (Å²) < 4.78 is 5.29. The van der Waals surface area contributed by atoms with Gasteiger partial charge in [-0.3, -0.25) is 9.88 Å². The van der Waals surface area contributed by atoms with Crippen LogP contribution in [0.3, 0.4) is 0 Å². The summed E-state index contributed by atoms with van der Waals surface area (Å²) in [6.45, 7) is 6.91. The molecule has 2 aliphatic heterocycles. The average Bonchev–Trinajstić information content (AvgIpc) is 3.53. The predicted octanol–water partition coefficient (Wildman–Crippen LogP) is 6.09. The highest BCUT2D eigenvalue weighted by atomic mass is 35.5. The van der Waals surface area contributed by atoms with Gasteiger partial charge in [0.25, 0.3) is 0 Å². The molecule has 9 nitrogen and oxygen atoms in total. The van der Waals surface area contributed by atoms with E-state index in [9.17, 15) is 0 Å². The molecule has 10 heteroatoms. The fourth-order valence-electron chi connectivity index (χ4n) is 6.24. The first-order valence-corrected chi connectivity index (χ1v) is 15.7. The number of rotatable bonds is 8. The van der Waals surface area contributed by atoms with Gasteiger partial charge in [-0.15, -0.1) is 0 Å². The summed E-state index contributed by atoms with van der Waals surface area (Å²) in [7, 11) is 1.70. The number of anilines is 3. The van der Waals surface area contributed by atoms with E-state index >= 15 is 0 Å². The maximum atomic E-state index is 6.68. The van der Waals surface area contributed by atoms with Crippen LogP contribution in [0.1, 0.15) is 18.4 Å². The Morgan fingerprint density at radius 1 is 0.864 bits per heavy atom. The number of aromatic amines is 1. The van der Waals surface area contributed by atoms with Crippen LogP contribution < -0.4 is 19.9 Å². The molecule has 0 unspecified atom stereocenters. The van der Waals surface area contributed by atoms with E-state index in [4.69, 9.17) is 21.3 Å². The number of nitrogens with zero attached hydrogens (tertiary/aromatic N) is 6. The van der Waals surface area contributed by atoms with Crippen molar-refractivity contribution in [2.45, 2.75) is 25.4 Å². The number of likely N-dealkylation sites (tertiary alicyclic amines) is 1. The molecule has 5 heterocycles. The second kappa shape index (κ2) is 12.7. The van der Waals surface area contributed by atoms with Crippen molar-refractivity contribution in [3.05, 3.63) is 89.8 Å². The molecule has 0 spiro atoms. The summed E-state index contributed by atoms with van der Waals surface area (Å²) in [5.74, 6) is 1.68. The van der Waals surface area contributed by atoms with Crippen molar-refractivity contribution in [1.82, 2.24) is 24.8 Å². The molecular formula is C34H37ClN8O. The van der Waals surface area contributed by atoms with Gasteiger partial charge in [-0.05, 0) is 66.9 Å². The monoisotopic (exact) mass is 608 g/mol. The molecule has 2 fully saturated rings. The third-order valence-corrected chi connectivity index (χ3v) is 9.07. The Morgan fingerprint density at radius 2 is 1.52 bits per heavy atom. The minimum atomic E-state index is 0.323.